The smallest absolute Gasteiger partial charge is 0.124 e. The summed E-state index contributed by atoms with van der Waals surface area (Å²) < 4.78 is 18.1. The van der Waals surface area contributed by atoms with Crippen molar-refractivity contribution in [2.24, 2.45) is 5.92 Å². The molecule has 0 aliphatic rings. The molecule has 0 saturated heterocycles. The number of benzene rings is 1. The molecule has 0 amide bonds. The van der Waals surface area contributed by atoms with Crippen LogP contribution in [0.5, 0.6) is 0 Å². The van der Waals surface area contributed by atoms with Gasteiger partial charge in [0.15, 0.2) is 0 Å². The molecular formula is C36H40FN7S. The minimum absolute atomic E-state index is 0.313. The summed E-state index contributed by atoms with van der Waals surface area (Å²) in [5.41, 5.74) is 9.94. The summed E-state index contributed by atoms with van der Waals surface area (Å²) in [7, 11) is 0.421. The maximum atomic E-state index is 14.8. The summed E-state index contributed by atoms with van der Waals surface area (Å²) in [6, 6.07) is 11.1. The first-order valence-electron chi connectivity index (χ1n) is 14.6. The lowest BCUT2D eigenvalue weighted by molar-refractivity contribution is 0.625. The van der Waals surface area contributed by atoms with Gasteiger partial charge in [-0.3, -0.25) is 19.7 Å². The van der Waals surface area contributed by atoms with E-state index in [0.29, 0.717) is 12.5 Å². The molecule has 0 aliphatic heterocycles. The predicted octanol–water partition coefficient (Wildman–Crippen LogP) is 8.20. The number of aromatic nitrogens is 4. The predicted molar refractivity (Wildman–Crippen MR) is 193 cm³/mol. The van der Waals surface area contributed by atoms with Crippen LogP contribution in [-0.4, -0.2) is 45.0 Å². The molecule has 1 aromatic carbocycles. The molecule has 4 N–H and O–H groups in total. The van der Waals surface area contributed by atoms with Gasteiger partial charge in [-0.1, -0.05) is 38.7 Å². The third-order valence-electron chi connectivity index (χ3n) is 7.27. The Labute approximate surface area is 265 Å². The van der Waals surface area contributed by atoms with Gasteiger partial charge in [-0.25, -0.2) is 4.39 Å². The topological polar surface area (TPSA) is 90.5 Å². The van der Waals surface area contributed by atoms with Crippen molar-refractivity contribution in [3.05, 3.63) is 109 Å². The van der Waals surface area contributed by atoms with Crippen molar-refractivity contribution in [2.75, 3.05) is 23.9 Å². The number of rotatable bonds is 12. The highest BCUT2D eigenvalue weighted by molar-refractivity contribution is 8.25. The number of nitrogens with one attached hydrogen (secondary N) is 4. The number of pyridine rings is 3. The van der Waals surface area contributed by atoms with Crippen molar-refractivity contribution in [1.29, 1.82) is 0 Å². The number of aromatic amines is 1. The highest BCUT2D eigenvalue weighted by atomic mass is 32.2. The maximum Gasteiger partial charge on any atom is 0.124 e. The van der Waals surface area contributed by atoms with Crippen LogP contribution in [0.1, 0.15) is 37.1 Å². The van der Waals surface area contributed by atoms with Gasteiger partial charge >= 0.3 is 0 Å². The number of anilines is 2. The van der Waals surface area contributed by atoms with Crippen LogP contribution in [0.3, 0.4) is 0 Å². The minimum atomic E-state index is -1.44. The first-order valence-corrected chi connectivity index (χ1v) is 17.0. The summed E-state index contributed by atoms with van der Waals surface area (Å²) >= 11 is 0. The van der Waals surface area contributed by atoms with Crippen LogP contribution in [0.25, 0.3) is 38.9 Å². The fraction of sp³-hybridized carbons (Fsp3) is 0.194. The lowest BCUT2D eigenvalue weighted by atomic mass is 9.99. The van der Waals surface area contributed by atoms with E-state index >= 15 is 0 Å². The molecule has 4 heterocycles. The molecule has 0 spiro atoms. The standard InChI is InChI=1S/C36H40FN7S/c1-22(2)9-23(3)43-29-13-27(17-39-18-29)34-14-30(35(38-5)21-41-34)24(4)33-15-31-32(19-40-20-36(31)44-33)26-10-25(11-28(37)12-26)16-42-45(6,7)8/h10-15,17-22,38,42-44H,3-4,6-7,9,16H2,1-2,5,8H3. The second-order valence-electron chi connectivity index (χ2n) is 11.9. The number of H-pyrrole nitrogens is 1. The van der Waals surface area contributed by atoms with Crippen molar-refractivity contribution >= 4 is 49.0 Å². The summed E-state index contributed by atoms with van der Waals surface area (Å²) in [5, 5.41) is 7.53. The summed E-state index contributed by atoms with van der Waals surface area (Å²) in [4.78, 5) is 17.1. The molecule has 5 rings (SSSR count). The van der Waals surface area contributed by atoms with Crippen molar-refractivity contribution < 1.29 is 4.39 Å². The summed E-state index contributed by atoms with van der Waals surface area (Å²) in [5.74, 6) is 8.30. The maximum absolute atomic E-state index is 14.8. The fourth-order valence-electron chi connectivity index (χ4n) is 5.21. The first-order chi connectivity index (χ1) is 21.4. The van der Waals surface area contributed by atoms with Gasteiger partial charge in [-0.2, -0.15) is 9.39 Å². The average Bonchev–Trinajstić information content (AvgIpc) is 3.43. The van der Waals surface area contributed by atoms with Gasteiger partial charge in [0, 0.05) is 65.0 Å². The Bertz CT molecular complexity index is 2010. The molecule has 45 heavy (non-hydrogen) atoms. The van der Waals surface area contributed by atoms with Crippen molar-refractivity contribution in [1.82, 2.24) is 24.7 Å². The largest absolute Gasteiger partial charge is 0.386 e. The zero-order valence-corrected chi connectivity index (χ0v) is 27.1. The van der Waals surface area contributed by atoms with Crippen molar-refractivity contribution in [2.45, 2.75) is 26.8 Å². The van der Waals surface area contributed by atoms with E-state index in [1.54, 1.807) is 31.0 Å². The Morgan fingerprint density at radius 2 is 1.73 bits per heavy atom. The van der Waals surface area contributed by atoms with Gasteiger partial charge in [-0.05, 0) is 66.1 Å². The molecule has 5 aromatic rings. The number of nitrogens with zero attached hydrogens (tertiary/aromatic N) is 3. The van der Waals surface area contributed by atoms with Crippen LogP contribution < -0.4 is 15.4 Å². The van der Waals surface area contributed by atoms with Crippen LogP contribution in [0.15, 0.2) is 86.2 Å². The molecule has 0 fully saturated rings. The first kappa shape index (κ1) is 31.7. The lowest BCUT2D eigenvalue weighted by Crippen LogP contribution is -2.08. The van der Waals surface area contributed by atoms with E-state index in [-0.39, 0.29) is 5.82 Å². The van der Waals surface area contributed by atoms with Crippen molar-refractivity contribution in [3.63, 3.8) is 0 Å². The monoisotopic (exact) mass is 621 g/mol. The van der Waals surface area contributed by atoms with Gasteiger partial charge in [0.05, 0.1) is 41.2 Å². The SMILES string of the molecule is C=C(CC(C)C)Nc1cncc(-c2cc(C(=C)c3cc4c(-c5cc(F)cc(CNS(=C)(=C)C)c5)cncc4[nH]3)c(NC)cn2)c1. The van der Waals surface area contributed by atoms with Crippen LogP contribution in [-0.2, 0) is 6.54 Å². The molecule has 0 atom stereocenters. The molecule has 0 unspecified atom stereocenters. The summed E-state index contributed by atoms with van der Waals surface area (Å²) in [6.07, 6.45) is 11.7. The quantitative estimate of drug-likeness (QED) is 0.105. The molecular weight excluding hydrogens is 582 g/mol. The Hall–Kier alpha value is -4.73. The lowest BCUT2D eigenvalue weighted by Gasteiger charge is -2.14. The zero-order chi connectivity index (χ0) is 32.3. The molecule has 9 heteroatoms. The molecule has 0 bridgehead atoms. The van der Waals surface area contributed by atoms with Gasteiger partial charge in [0.25, 0.3) is 0 Å². The van der Waals surface area contributed by atoms with Gasteiger partial charge < -0.3 is 15.6 Å². The zero-order valence-electron chi connectivity index (χ0n) is 26.3. The highest BCUT2D eigenvalue weighted by Gasteiger charge is 2.16. The average molecular weight is 622 g/mol. The van der Waals surface area contributed by atoms with Crippen LogP contribution in [0.2, 0.25) is 0 Å². The molecule has 7 nitrogen and oxygen atoms in total. The van der Waals surface area contributed by atoms with Gasteiger partial charge in [-0.15, -0.1) is 0 Å². The third kappa shape index (κ3) is 7.68. The fourth-order valence-corrected chi connectivity index (χ4v) is 5.73. The van der Waals surface area contributed by atoms with E-state index in [0.717, 1.165) is 79.2 Å². The molecule has 232 valence electrons. The Morgan fingerprint density at radius 3 is 2.47 bits per heavy atom. The Morgan fingerprint density at radius 1 is 0.956 bits per heavy atom. The highest BCUT2D eigenvalue weighted by Crippen LogP contribution is 2.35. The third-order valence-corrected chi connectivity index (χ3v) is 8.11. The number of halogens is 1. The van der Waals surface area contributed by atoms with Crippen LogP contribution >= 0.6 is 9.39 Å². The Balaban J connectivity index is 1.49. The van der Waals surface area contributed by atoms with Crippen molar-refractivity contribution in [3.8, 4) is 22.4 Å². The molecule has 0 saturated carbocycles. The van der Waals surface area contributed by atoms with Gasteiger partial charge in [0.2, 0.25) is 0 Å². The van der Waals surface area contributed by atoms with Crippen LogP contribution in [0.4, 0.5) is 15.8 Å². The van der Waals surface area contributed by atoms with E-state index in [2.05, 4.69) is 69.1 Å². The minimum Gasteiger partial charge on any atom is -0.386 e. The van der Waals surface area contributed by atoms with E-state index in [4.69, 9.17) is 4.98 Å². The van der Waals surface area contributed by atoms with E-state index in [1.807, 2.05) is 37.6 Å². The van der Waals surface area contributed by atoms with Gasteiger partial charge in [0.1, 0.15) is 5.82 Å². The van der Waals surface area contributed by atoms with E-state index < -0.39 is 9.39 Å². The number of hydrogen-bond donors (Lipinski definition) is 4. The number of fused-ring (bicyclic) bond motifs is 1. The second kappa shape index (κ2) is 13.1. The molecule has 0 radical (unpaired) electrons. The number of hydrogen-bond acceptors (Lipinski definition) is 6. The second-order valence-corrected chi connectivity index (χ2v) is 14.7. The summed E-state index contributed by atoms with van der Waals surface area (Å²) in [6.45, 7) is 13.4. The normalized spacial score (nSPS) is 11.6. The van der Waals surface area contributed by atoms with E-state index in [1.165, 1.54) is 12.1 Å². The number of allylic oxidation sites excluding steroid dienone is 1. The molecule has 0 aliphatic carbocycles. The van der Waals surface area contributed by atoms with E-state index in [9.17, 15) is 4.39 Å². The Kier molecular flexibility index (Phi) is 9.22. The van der Waals surface area contributed by atoms with Crippen LogP contribution in [0, 0.1) is 11.7 Å². The molecule has 4 aromatic heterocycles.